The summed E-state index contributed by atoms with van der Waals surface area (Å²) in [7, 11) is 3.49. The Labute approximate surface area is 123 Å². The fourth-order valence-corrected chi connectivity index (χ4v) is 2.89. The van der Waals surface area contributed by atoms with Crippen molar-refractivity contribution in [2.24, 2.45) is 7.05 Å². The van der Waals surface area contributed by atoms with Crippen molar-refractivity contribution in [3.8, 4) is 5.75 Å². The van der Waals surface area contributed by atoms with Crippen molar-refractivity contribution in [2.75, 3.05) is 12.4 Å². The molecule has 1 aromatic heterocycles. The van der Waals surface area contributed by atoms with Crippen LogP contribution in [0.1, 0.15) is 33.7 Å². The van der Waals surface area contributed by atoms with Gasteiger partial charge in [0.05, 0.1) is 12.8 Å². The van der Waals surface area contributed by atoms with Gasteiger partial charge in [-0.15, -0.1) is 0 Å². The molecule has 1 heterocycles. The van der Waals surface area contributed by atoms with Crippen molar-refractivity contribution in [3.05, 3.63) is 40.7 Å². The van der Waals surface area contributed by atoms with Crippen LogP contribution in [-0.4, -0.2) is 22.8 Å². The largest absolute Gasteiger partial charge is 0.495 e. The summed E-state index contributed by atoms with van der Waals surface area (Å²) in [6.07, 6.45) is 3.02. The Morgan fingerprint density at radius 1 is 1.38 bits per heavy atom. The highest BCUT2D eigenvalue weighted by atomic mass is 16.5. The second-order valence-corrected chi connectivity index (χ2v) is 5.41. The Balaban J connectivity index is 1.91. The number of methoxy groups -OCH3 is 1. The molecule has 1 aromatic carbocycles. The molecule has 0 radical (unpaired) electrons. The smallest absolute Gasteiger partial charge is 0.276 e. The molecule has 1 aliphatic carbocycles. The van der Waals surface area contributed by atoms with E-state index in [9.17, 15) is 4.79 Å². The molecule has 21 heavy (non-hydrogen) atoms. The number of carbonyl (C=O) groups is 1. The zero-order valence-electron chi connectivity index (χ0n) is 12.6. The number of hydrogen-bond donors (Lipinski definition) is 1. The molecule has 3 rings (SSSR count). The Hall–Kier alpha value is -2.30. The van der Waals surface area contributed by atoms with E-state index < -0.39 is 0 Å². The van der Waals surface area contributed by atoms with Crippen LogP contribution in [0, 0.1) is 6.92 Å². The van der Waals surface area contributed by atoms with E-state index >= 15 is 0 Å². The Morgan fingerprint density at radius 3 is 2.95 bits per heavy atom. The topological polar surface area (TPSA) is 56.1 Å². The number of rotatable bonds is 3. The summed E-state index contributed by atoms with van der Waals surface area (Å²) in [5.74, 6) is 0.485. The zero-order chi connectivity index (χ0) is 15.0. The minimum absolute atomic E-state index is 0.169. The number of anilines is 1. The van der Waals surface area contributed by atoms with Gasteiger partial charge in [0.25, 0.3) is 5.91 Å². The molecule has 0 unspecified atom stereocenters. The van der Waals surface area contributed by atoms with Crippen LogP contribution in [0.4, 0.5) is 5.69 Å². The molecular weight excluding hydrogens is 266 g/mol. The van der Waals surface area contributed by atoms with Crippen LogP contribution in [0.3, 0.4) is 0 Å². The van der Waals surface area contributed by atoms with Crippen LogP contribution < -0.4 is 10.1 Å². The van der Waals surface area contributed by atoms with E-state index in [1.165, 1.54) is 5.69 Å². The van der Waals surface area contributed by atoms with E-state index in [1.807, 2.05) is 36.9 Å². The van der Waals surface area contributed by atoms with E-state index in [0.29, 0.717) is 17.1 Å². The van der Waals surface area contributed by atoms with E-state index in [-0.39, 0.29) is 5.91 Å². The van der Waals surface area contributed by atoms with Gasteiger partial charge in [0, 0.05) is 18.3 Å². The number of carbonyl (C=O) groups excluding carboxylic acids is 1. The first-order chi connectivity index (χ1) is 10.1. The van der Waals surface area contributed by atoms with Gasteiger partial charge >= 0.3 is 0 Å². The number of fused-ring (bicyclic) bond motifs is 1. The Kier molecular flexibility index (Phi) is 3.41. The fraction of sp³-hybridized carbons (Fsp3) is 0.375. The number of ether oxygens (including phenoxy) is 1. The number of aryl methyl sites for hydroxylation is 2. The lowest BCUT2D eigenvalue weighted by molar-refractivity contribution is 0.102. The summed E-state index contributed by atoms with van der Waals surface area (Å²) in [6.45, 7) is 1.98. The maximum absolute atomic E-state index is 12.5. The summed E-state index contributed by atoms with van der Waals surface area (Å²) in [5, 5.41) is 7.29. The van der Waals surface area contributed by atoms with E-state index in [4.69, 9.17) is 4.74 Å². The second-order valence-electron chi connectivity index (χ2n) is 5.41. The van der Waals surface area contributed by atoms with Crippen LogP contribution in [0.2, 0.25) is 0 Å². The Bertz CT molecular complexity index is 704. The quantitative estimate of drug-likeness (QED) is 0.942. The summed E-state index contributed by atoms with van der Waals surface area (Å²) in [6, 6.07) is 5.71. The molecule has 110 valence electrons. The predicted molar refractivity (Wildman–Crippen MR) is 80.9 cm³/mol. The highest BCUT2D eigenvalue weighted by Gasteiger charge is 2.25. The average molecular weight is 285 g/mol. The molecule has 0 bridgehead atoms. The molecule has 0 aliphatic heterocycles. The van der Waals surface area contributed by atoms with Crippen LogP contribution in [0.5, 0.6) is 5.75 Å². The number of hydrogen-bond acceptors (Lipinski definition) is 3. The van der Waals surface area contributed by atoms with Gasteiger partial charge in [-0.25, -0.2) is 0 Å². The van der Waals surface area contributed by atoms with Crippen molar-refractivity contribution >= 4 is 11.6 Å². The number of benzene rings is 1. The SMILES string of the molecule is COc1ccc(C)cc1NC(=O)c1nn(C)c2c1CCC2. The first-order valence-electron chi connectivity index (χ1n) is 7.11. The molecule has 0 fully saturated rings. The molecule has 2 aromatic rings. The van der Waals surface area contributed by atoms with Crippen LogP contribution in [0.15, 0.2) is 18.2 Å². The van der Waals surface area contributed by atoms with Crippen LogP contribution in [-0.2, 0) is 19.9 Å². The summed E-state index contributed by atoms with van der Waals surface area (Å²) in [5.41, 5.74) is 4.55. The minimum Gasteiger partial charge on any atom is -0.495 e. The van der Waals surface area contributed by atoms with Gasteiger partial charge in [-0.05, 0) is 43.9 Å². The molecule has 0 spiro atoms. The van der Waals surface area contributed by atoms with Crippen molar-refractivity contribution in [1.82, 2.24) is 9.78 Å². The highest BCUT2D eigenvalue weighted by molar-refractivity contribution is 6.05. The lowest BCUT2D eigenvalue weighted by atomic mass is 10.1. The number of amides is 1. The van der Waals surface area contributed by atoms with Gasteiger partial charge in [-0.2, -0.15) is 5.10 Å². The first kappa shape index (κ1) is 13.7. The zero-order valence-corrected chi connectivity index (χ0v) is 12.6. The average Bonchev–Trinajstić information content (AvgIpc) is 3.03. The monoisotopic (exact) mass is 285 g/mol. The lowest BCUT2D eigenvalue weighted by Crippen LogP contribution is -2.15. The third kappa shape index (κ3) is 2.39. The number of aromatic nitrogens is 2. The molecule has 1 N–H and O–H groups in total. The third-order valence-corrected chi connectivity index (χ3v) is 3.93. The maximum Gasteiger partial charge on any atom is 0.276 e. The molecular formula is C16H19N3O2. The standard InChI is InChI=1S/C16H19N3O2/c1-10-7-8-14(21-3)12(9-10)17-16(20)15-11-5-4-6-13(11)19(2)18-15/h7-9H,4-6H2,1-3H3,(H,17,20). The van der Waals surface area contributed by atoms with Crippen molar-refractivity contribution in [1.29, 1.82) is 0 Å². The molecule has 0 saturated heterocycles. The molecule has 1 aliphatic rings. The molecule has 5 nitrogen and oxygen atoms in total. The highest BCUT2D eigenvalue weighted by Crippen LogP contribution is 2.28. The van der Waals surface area contributed by atoms with Gasteiger partial charge in [-0.1, -0.05) is 6.07 Å². The molecule has 0 saturated carbocycles. The summed E-state index contributed by atoms with van der Waals surface area (Å²) in [4.78, 5) is 12.5. The second kappa shape index (κ2) is 5.24. The molecule has 0 atom stereocenters. The van der Waals surface area contributed by atoms with Crippen molar-refractivity contribution in [2.45, 2.75) is 26.2 Å². The van der Waals surface area contributed by atoms with Crippen LogP contribution in [0.25, 0.3) is 0 Å². The number of nitrogens with one attached hydrogen (secondary N) is 1. The predicted octanol–water partition coefficient (Wildman–Crippen LogP) is 2.48. The summed E-state index contributed by atoms with van der Waals surface area (Å²) < 4.78 is 7.12. The van der Waals surface area contributed by atoms with Gasteiger partial charge in [0.15, 0.2) is 5.69 Å². The summed E-state index contributed by atoms with van der Waals surface area (Å²) >= 11 is 0. The maximum atomic E-state index is 12.5. The van der Waals surface area contributed by atoms with Gasteiger partial charge < -0.3 is 10.1 Å². The van der Waals surface area contributed by atoms with Crippen LogP contribution >= 0.6 is 0 Å². The normalized spacial score (nSPS) is 13.1. The van der Waals surface area contributed by atoms with Gasteiger partial charge in [0.1, 0.15) is 5.75 Å². The lowest BCUT2D eigenvalue weighted by Gasteiger charge is -2.10. The van der Waals surface area contributed by atoms with Crippen molar-refractivity contribution in [3.63, 3.8) is 0 Å². The molecule has 1 amide bonds. The van der Waals surface area contributed by atoms with E-state index in [0.717, 1.165) is 30.4 Å². The Morgan fingerprint density at radius 2 is 2.19 bits per heavy atom. The fourth-order valence-electron chi connectivity index (χ4n) is 2.89. The minimum atomic E-state index is -0.169. The van der Waals surface area contributed by atoms with Gasteiger partial charge in [-0.3, -0.25) is 9.48 Å². The third-order valence-electron chi connectivity index (χ3n) is 3.93. The first-order valence-corrected chi connectivity index (χ1v) is 7.11. The van der Waals surface area contributed by atoms with Gasteiger partial charge in [0.2, 0.25) is 0 Å². The van der Waals surface area contributed by atoms with Crippen molar-refractivity contribution < 1.29 is 9.53 Å². The van der Waals surface area contributed by atoms with E-state index in [2.05, 4.69) is 10.4 Å². The number of nitrogens with zero attached hydrogens (tertiary/aromatic N) is 2. The molecule has 5 heteroatoms. The van der Waals surface area contributed by atoms with E-state index in [1.54, 1.807) is 7.11 Å².